The van der Waals surface area contributed by atoms with Gasteiger partial charge in [-0.25, -0.2) is 13.1 Å². The van der Waals surface area contributed by atoms with Gasteiger partial charge in [-0.15, -0.1) is 0 Å². The molecule has 0 radical (unpaired) electrons. The van der Waals surface area contributed by atoms with E-state index < -0.39 is 10.0 Å². The minimum Gasteiger partial charge on any atom is -0.357 e. The molecule has 3 N–H and O–H groups in total. The lowest BCUT2D eigenvalue weighted by atomic mass is 9.96. The van der Waals surface area contributed by atoms with Crippen LogP contribution in [0.25, 0.3) is 0 Å². The maximum atomic E-state index is 12.2. The first-order valence-electron chi connectivity index (χ1n) is 9.63. The molecule has 3 rings (SSSR count). The summed E-state index contributed by atoms with van der Waals surface area (Å²) in [5.41, 5.74) is 1.27. The Kier molecular flexibility index (Phi) is 7.10. The number of nitrogens with one attached hydrogen (secondary N) is 3. The first-order valence-corrected chi connectivity index (χ1v) is 11.5. The summed E-state index contributed by atoms with van der Waals surface area (Å²) in [6, 6.07) is 11.1. The summed E-state index contributed by atoms with van der Waals surface area (Å²) in [5.74, 6) is 0.668. The van der Waals surface area contributed by atoms with Crippen LogP contribution in [0.1, 0.15) is 25.3 Å². The van der Waals surface area contributed by atoms with Crippen molar-refractivity contribution >= 4 is 27.6 Å². The fraction of sp³-hybridized carbons (Fsp3) is 0.400. The summed E-state index contributed by atoms with van der Waals surface area (Å²) in [5, 5.41) is 7.12. The molecule has 1 fully saturated rings. The van der Waals surface area contributed by atoms with E-state index >= 15 is 0 Å². The van der Waals surface area contributed by atoms with E-state index in [4.69, 9.17) is 16.6 Å². The normalized spacial score (nSPS) is 15.7. The van der Waals surface area contributed by atoms with Gasteiger partial charge in [-0.3, -0.25) is 9.98 Å². The van der Waals surface area contributed by atoms with Crippen LogP contribution < -0.4 is 15.4 Å². The van der Waals surface area contributed by atoms with E-state index in [1.54, 1.807) is 6.07 Å². The van der Waals surface area contributed by atoms with E-state index in [-0.39, 0.29) is 16.9 Å². The molecule has 0 saturated heterocycles. The molecule has 9 heteroatoms. The Hall–Kier alpha value is -2.16. The molecule has 29 heavy (non-hydrogen) atoms. The number of hydrogen-bond acceptors (Lipinski definition) is 4. The van der Waals surface area contributed by atoms with Crippen molar-refractivity contribution in [2.24, 2.45) is 4.99 Å². The van der Waals surface area contributed by atoms with Crippen LogP contribution in [0.15, 0.2) is 58.7 Å². The fourth-order valence-electron chi connectivity index (χ4n) is 3.04. The molecule has 0 amide bonds. The van der Waals surface area contributed by atoms with Crippen molar-refractivity contribution in [1.29, 1.82) is 0 Å². The summed E-state index contributed by atoms with van der Waals surface area (Å²) >= 11 is 6.14. The Bertz CT molecular complexity index is 946. The molecule has 156 valence electrons. The molecule has 1 aliphatic carbocycles. The second kappa shape index (κ2) is 9.56. The number of pyridine rings is 1. The molecule has 7 nitrogen and oxygen atoms in total. The Labute approximate surface area is 177 Å². The molecule has 0 spiro atoms. The highest BCUT2D eigenvalue weighted by Gasteiger charge is 2.44. The monoisotopic (exact) mass is 435 g/mol. The summed E-state index contributed by atoms with van der Waals surface area (Å²) in [4.78, 5) is 8.70. The van der Waals surface area contributed by atoms with Crippen molar-refractivity contribution < 1.29 is 8.42 Å². The summed E-state index contributed by atoms with van der Waals surface area (Å²) in [7, 11) is -3.56. The summed E-state index contributed by atoms with van der Waals surface area (Å²) in [6.45, 7) is 4.02. The van der Waals surface area contributed by atoms with E-state index in [0.29, 0.717) is 19.0 Å². The van der Waals surface area contributed by atoms with E-state index in [1.807, 2.05) is 25.1 Å². The predicted molar refractivity (Wildman–Crippen MR) is 116 cm³/mol. The number of nitrogens with zero attached hydrogens (tertiary/aromatic N) is 2. The molecule has 1 aromatic heterocycles. The van der Waals surface area contributed by atoms with Crippen molar-refractivity contribution in [3.05, 3.63) is 59.4 Å². The second-order valence-electron chi connectivity index (χ2n) is 7.00. The van der Waals surface area contributed by atoms with Crippen molar-refractivity contribution in [3.63, 3.8) is 0 Å². The molecule has 0 aliphatic heterocycles. The zero-order chi connectivity index (χ0) is 20.7. The lowest BCUT2D eigenvalue weighted by Crippen LogP contribution is -2.42. The number of aromatic nitrogens is 1. The average Bonchev–Trinajstić information content (AvgIpc) is 3.51. The zero-order valence-electron chi connectivity index (χ0n) is 16.4. The third-order valence-electron chi connectivity index (χ3n) is 4.83. The number of halogens is 1. The zero-order valence-corrected chi connectivity index (χ0v) is 17.9. The molecule has 1 aromatic carbocycles. The molecule has 2 aromatic rings. The lowest BCUT2D eigenvalue weighted by Gasteiger charge is -2.16. The maximum Gasteiger partial charge on any atom is 0.242 e. The second-order valence-corrected chi connectivity index (χ2v) is 9.20. The van der Waals surface area contributed by atoms with Crippen molar-refractivity contribution in [1.82, 2.24) is 20.3 Å². The molecule has 1 aliphatic rings. The van der Waals surface area contributed by atoms with Gasteiger partial charge in [0.15, 0.2) is 5.96 Å². The number of benzene rings is 1. The summed E-state index contributed by atoms with van der Waals surface area (Å²) in [6.07, 6.45) is 5.03. The smallest absolute Gasteiger partial charge is 0.242 e. The van der Waals surface area contributed by atoms with E-state index in [9.17, 15) is 8.42 Å². The fourth-order valence-corrected chi connectivity index (χ4v) is 4.22. The van der Waals surface area contributed by atoms with Crippen LogP contribution in [0.4, 0.5) is 0 Å². The van der Waals surface area contributed by atoms with Gasteiger partial charge >= 0.3 is 0 Å². The quantitative estimate of drug-likeness (QED) is 0.319. The SMILES string of the molecule is CCNC(=NCC1(c2cccc(Cl)c2)CC1)NCCNS(=O)(=O)c1cccnc1. The third-order valence-corrected chi connectivity index (χ3v) is 6.51. The van der Waals surface area contributed by atoms with Gasteiger partial charge in [-0.1, -0.05) is 23.7 Å². The van der Waals surface area contributed by atoms with Crippen molar-refractivity contribution in [2.45, 2.75) is 30.1 Å². The van der Waals surface area contributed by atoms with Crippen LogP contribution in [-0.4, -0.2) is 45.5 Å². The van der Waals surface area contributed by atoms with Gasteiger partial charge in [0.05, 0.1) is 6.54 Å². The number of rotatable bonds is 9. The first-order chi connectivity index (χ1) is 14.0. The minimum atomic E-state index is -3.56. The highest BCUT2D eigenvalue weighted by Crippen LogP contribution is 2.48. The van der Waals surface area contributed by atoms with Crippen LogP contribution in [-0.2, 0) is 15.4 Å². The number of guanidine groups is 1. The van der Waals surface area contributed by atoms with Gasteiger partial charge in [0.1, 0.15) is 4.90 Å². The molecule has 1 saturated carbocycles. The summed E-state index contributed by atoms with van der Waals surface area (Å²) < 4.78 is 27.0. The molecule has 0 atom stereocenters. The molecule has 1 heterocycles. The van der Waals surface area contributed by atoms with Gasteiger partial charge in [-0.2, -0.15) is 0 Å². The third kappa shape index (κ3) is 5.91. The largest absolute Gasteiger partial charge is 0.357 e. The van der Waals surface area contributed by atoms with Gasteiger partial charge in [0.2, 0.25) is 10.0 Å². The standard InChI is InChI=1S/C20H26ClN5O2S/c1-2-23-19(24-11-12-26-29(27,28)18-7-4-10-22-14-18)25-15-20(8-9-20)16-5-3-6-17(21)13-16/h3-7,10,13-14,26H,2,8-9,11-12,15H2,1H3,(H2,23,24,25). The van der Waals surface area contributed by atoms with Gasteiger partial charge < -0.3 is 10.6 Å². The molecule has 0 unspecified atom stereocenters. The number of hydrogen-bond donors (Lipinski definition) is 3. The van der Waals surface area contributed by atoms with Gasteiger partial charge in [-0.05, 0) is 49.6 Å². The molecule has 0 bridgehead atoms. The predicted octanol–water partition coefficient (Wildman–Crippen LogP) is 2.30. The molecular weight excluding hydrogens is 410 g/mol. The number of aliphatic imine (C=N–C) groups is 1. The van der Waals surface area contributed by atoms with Crippen LogP contribution in [0.5, 0.6) is 0 Å². The van der Waals surface area contributed by atoms with Gasteiger partial charge in [0.25, 0.3) is 0 Å². The first kappa shape index (κ1) is 21.5. The van der Waals surface area contributed by atoms with E-state index in [1.165, 1.54) is 24.0 Å². The topological polar surface area (TPSA) is 95.5 Å². The highest BCUT2D eigenvalue weighted by atomic mass is 35.5. The lowest BCUT2D eigenvalue weighted by molar-refractivity contribution is 0.580. The van der Waals surface area contributed by atoms with Crippen LogP contribution in [0.3, 0.4) is 0 Å². The Morgan fingerprint density at radius 2 is 2.03 bits per heavy atom. The number of sulfonamides is 1. The van der Waals surface area contributed by atoms with Crippen molar-refractivity contribution in [2.75, 3.05) is 26.2 Å². The average molecular weight is 436 g/mol. The Balaban J connectivity index is 1.54. The highest BCUT2D eigenvalue weighted by molar-refractivity contribution is 7.89. The van der Waals surface area contributed by atoms with Crippen LogP contribution in [0.2, 0.25) is 5.02 Å². The van der Waals surface area contributed by atoms with E-state index in [0.717, 1.165) is 24.4 Å². The Morgan fingerprint density at radius 1 is 1.21 bits per heavy atom. The van der Waals surface area contributed by atoms with Crippen molar-refractivity contribution in [3.8, 4) is 0 Å². The van der Waals surface area contributed by atoms with Crippen LogP contribution in [0, 0.1) is 0 Å². The van der Waals surface area contributed by atoms with Crippen LogP contribution >= 0.6 is 11.6 Å². The minimum absolute atomic E-state index is 0.0507. The molecular formula is C20H26ClN5O2S. The Morgan fingerprint density at radius 3 is 2.69 bits per heavy atom. The van der Waals surface area contributed by atoms with E-state index in [2.05, 4.69) is 26.4 Å². The van der Waals surface area contributed by atoms with Gasteiger partial charge in [0, 0.05) is 42.5 Å². The maximum absolute atomic E-state index is 12.2.